The van der Waals surface area contributed by atoms with Crippen LogP contribution in [0.15, 0.2) is 24.3 Å². The van der Waals surface area contributed by atoms with Crippen LogP contribution < -0.4 is 5.32 Å². The Balaban J connectivity index is 1.72. The summed E-state index contributed by atoms with van der Waals surface area (Å²) in [6.07, 6.45) is 4.53. The number of rotatable bonds is 6. The predicted molar refractivity (Wildman–Crippen MR) is 112 cm³/mol. The number of carbonyl (C=O) groups excluding carboxylic acids is 1. The number of hydrogen-bond acceptors (Lipinski definition) is 3. The number of nitrogens with one attached hydrogen (secondary N) is 1. The Morgan fingerprint density at radius 3 is 2.57 bits per heavy atom. The number of nitrogens with zero attached hydrogens (tertiary/aromatic N) is 2. The van der Waals surface area contributed by atoms with Gasteiger partial charge in [0.15, 0.2) is 0 Å². The maximum Gasteiger partial charge on any atom is 0.235 e. The van der Waals surface area contributed by atoms with Gasteiger partial charge in [0.2, 0.25) is 5.91 Å². The Morgan fingerprint density at radius 1 is 1.32 bits per heavy atom. The molecule has 1 amide bonds. The molecule has 0 spiro atoms. The van der Waals surface area contributed by atoms with Crippen LogP contribution >= 0.6 is 11.8 Å². The van der Waals surface area contributed by atoms with Gasteiger partial charge < -0.3 is 9.88 Å². The van der Waals surface area contributed by atoms with Crippen LogP contribution in [0.1, 0.15) is 66.3 Å². The summed E-state index contributed by atoms with van der Waals surface area (Å²) in [5.41, 5.74) is 3.55. The minimum Gasteiger partial charge on any atom is -0.327 e. The van der Waals surface area contributed by atoms with Crippen molar-refractivity contribution in [3.05, 3.63) is 52.5 Å². The Morgan fingerprint density at radius 2 is 1.96 bits per heavy atom. The van der Waals surface area contributed by atoms with Gasteiger partial charge in [0.1, 0.15) is 17.7 Å². The van der Waals surface area contributed by atoms with Crippen molar-refractivity contribution in [3.63, 3.8) is 0 Å². The smallest absolute Gasteiger partial charge is 0.235 e. The van der Waals surface area contributed by atoms with E-state index in [0.29, 0.717) is 17.4 Å². The number of aromatic nitrogens is 1. The van der Waals surface area contributed by atoms with Crippen LogP contribution in [0.4, 0.5) is 10.2 Å². The second-order valence-electron chi connectivity index (χ2n) is 7.41. The molecule has 2 aromatic rings. The van der Waals surface area contributed by atoms with Crippen molar-refractivity contribution in [2.75, 3.05) is 11.1 Å². The van der Waals surface area contributed by atoms with Crippen molar-refractivity contribution in [2.24, 2.45) is 0 Å². The summed E-state index contributed by atoms with van der Waals surface area (Å²) in [7, 11) is 0. The second-order valence-corrected chi connectivity index (χ2v) is 8.74. The van der Waals surface area contributed by atoms with Crippen molar-refractivity contribution in [2.45, 2.75) is 57.7 Å². The highest BCUT2D eigenvalue weighted by molar-refractivity contribution is 8.00. The van der Waals surface area contributed by atoms with Gasteiger partial charge in [-0.1, -0.05) is 25.0 Å². The lowest BCUT2D eigenvalue weighted by molar-refractivity contribution is -0.113. The second kappa shape index (κ2) is 8.83. The summed E-state index contributed by atoms with van der Waals surface area (Å²) in [5, 5.41) is 12.7. The molecule has 0 aliphatic heterocycles. The van der Waals surface area contributed by atoms with Crippen LogP contribution in [0.3, 0.4) is 0 Å². The van der Waals surface area contributed by atoms with E-state index >= 15 is 0 Å². The number of halogens is 1. The van der Waals surface area contributed by atoms with Crippen LogP contribution in [-0.2, 0) is 4.79 Å². The molecule has 0 radical (unpaired) electrons. The molecule has 28 heavy (non-hydrogen) atoms. The van der Waals surface area contributed by atoms with Gasteiger partial charge in [-0.3, -0.25) is 4.79 Å². The highest BCUT2D eigenvalue weighted by atomic mass is 32.2. The van der Waals surface area contributed by atoms with E-state index in [4.69, 9.17) is 0 Å². The monoisotopic (exact) mass is 399 g/mol. The normalized spacial score (nSPS) is 15.4. The molecule has 4 nitrogen and oxygen atoms in total. The number of nitriles is 1. The van der Waals surface area contributed by atoms with Crippen LogP contribution in [0.5, 0.6) is 0 Å². The van der Waals surface area contributed by atoms with Crippen molar-refractivity contribution in [1.82, 2.24) is 4.57 Å². The SMILES string of the molecule is Cc1c(C#N)c(NC(=O)CSC(C)c2ccc(F)cc2)n(C2CCCC2)c1C. The largest absolute Gasteiger partial charge is 0.327 e. The van der Waals surface area contributed by atoms with Gasteiger partial charge in [-0.05, 0) is 56.9 Å². The van der Waals surface area contributed by atoms with Crippen LogP contribution in [0, 0.1) is 31.0 Å². The first-order valence-corrected chi connectivity index (χ1v) is 10.8. The Bertz CT molecular complexity index is 892. The predicted octanol–water partition coefficient (Wildman–Crippen LogP) is 5.66. The molecule has 0 bridgehead atoms. The number of carbonyl (C=O) groups is 1. The molecular formula is C22H26FN3OS. The van der Waals surface area contributed by atoms with Crippen LogP contribution in [0.25, 0.3) is 0 Å². The summed E-state index contributed by atoms with van der Waals surface area (Å²) in [6.45, 7) is 5.97. The summed E-state index contributed by atoms with van der Waals surface area (Å²) in [4.78, 5) is 12.6. The van der Waals surface area contributed by atoms with Gasteiger partial charge in [-0.25, -0.2) is 4.39 Å². The van der Waals surface area contributed by atoms with E-state index in [0.717, 1.165) is 29.7 Å². The average molecular weight is 400 g/mol. The fourth-order valence-electron chi connectivity index (χ4n) is 3.90. The highest BCUT2D eigenvalue weighted by Crippen LogP contribution is 2.38. The molecule has 0 saturated heterocycles. The standard InChI is InChI=1S/C22H26FN3OS/c1-14-15(2)26(19-6-4-5-7-19)22(20(14)12-24)25-21(27)13-28-16(3)17-8-10-18(23)11-9-17/h8-11,16,19H,4-7,13H2,1-3H3,(H,25,27). The van der Waals surface area contributed by atoms with E-state index in [1.165, 1.54) is 36.7 Å². The number of benzene rings is 1. The molecule has 1 atom stereocenters. The van der Waals surface area contributed by atoms with Gasteiger partial charge in [-0.15, -0.1) is 11.8 Å². The lowest BCUT2D eigenvalue weighted by Gasteiger charge is -2.19. The first kappa shape index (κ1) is 20.5. The topological polar surface area (TPSA) is 57.8 Å². The zero-order valence-corrected chi connectivity index (χ0v) is 17.4. The fourth-order valence-corrected chi connectivity index (χ4v) is 4.73. The van der Waals surface area contributed by atoms with Gasteiger partial charge in [0.25, 0.3) is 0 Å². The van der Waals surface area contributed by atoms with Gasteiger partial charge >= 0.3 is 0 Å². The maximum atomic E-state index is 13.1. The van der Waals surface area contributed by atoms with E-state index in [1.807, 2.05) is 20.8 Å². The van der Waals surface area contributed by atoms with Gasteiger partial charge in [0.05, 0.1) is 11.3 Å². The number of thioether (sulfide) groups is 1. The molecule has 6 heteroatoms. The molecule has 148 valence electrons. The molecule has 1 unspecified atom stereocenters. The number of amides is 1. The van der Waals surface area contributed by atoms with E-state index in [1.54, 1.807) is 12.1 Å². The minimum atomic E-state index is -0.263. The quantitative estimate of drug-likeness (QED) is 0.681. The summed E-state index contributed by atoms with van der Waals surface area (Å²) in [6, 6.07) is 8.99. The average Bonchev–Trinajstić information content (AvgIpc) is 3.28. The van der Waals surface area contributed by atoms with Crippen molar-refractivity contribution in [1.29, 1.82) is 5.26 Å². The maximum absolute atomic E-state index is 13.1. The van der Waals surface area contributed by atoms with Crippen molar-refractivity contribution >= 4 is 23.5 Å². The van der Waals surface area contributed by atoms with Crippen molar-refractivity contribution in [3.8, 4) is 6.07 Å². The third-order valence-electron chi connectivity index (χ3n) is 5.62. The Labute approximate surface area is 170 Å². The first-order valence-electron chi connectivity index (χ1n) is 9.70. The molecule has 1 saturated carbocycles. The molecule has 1 aromatic carbocycles. The Hall–Kier alpha value is -2.26. The van der Waals surface area contributed by atoms with Gasteiger partial charge in [-0.2, -0.15) is 5.26 Å². The molecular weight excluding hydrogens is 373 g/mol. The summed E-state index contributed by atoms with van der Waals surface area (Å²) < 4.78 is 15.2. The van der Waals surface area contributed by atoms with E-state index in [-0.39, 0.29) is 22.7 Å². The van der Waals surface area contributed by atoms with Crippen LogP contribution in [-0.4, -0.2) is 16.2 Å². The molecule has 1 heterocycles. The zero-order chi connectivity index (χ0) is 20.3. The van der Waals surface area contributed by atoms with Crippen molar-refractivity contribution < 1.29 is 9.18 Å². The molecule has 1 aliphatic rings. The highest BCUT2D eigenvalue weighted by Gasteiger charge is 2.26. The van der Waals surface area contributed by atoms with E-state index in [9.17, 15) is 14.4 Å². The summed E-state index contributed by atoms with van der Waals surface area (Å²) >= 11 is 1.50. The third-order valence-corrected chi connectivity index (χ3v) is 6.82. The first-order chi connectivity index (χ1) is 13.4. The summed E-state index contributed by atoms with van der Waals surface area (Å²) in [5.74, 6) is 0.537. The molecule has 3 rings (SSSR count). The lowest BCUT2D eigenvalue weighted by atomic mass is 10.2. The lowest BCUT2D eigenvalue weighted by Crippen LogP contribution is -2.20. The number of anilines is 1. The number of hydrogen-bond donors (Lipinski definition) is 1. The van der Waals surface area contributed by atoms with Crippen LogP contribution in [0.2, 0.25) is 0 Å². The van der Waals surface area contributed by atoms with E-state index < -0.39 is 0 Å². The molecule has 1 fully saturated rings. The van der Waals surface area contributed by atoms with Gasteiger partial charge in [0, 0.05) is 17.0 Å². The molecule has 1 aromatic heterocycles. The molecule has 1 N–H and O–H groups in total. The third kappa shape index (κ3) is 4.25. The molecule has 1 aliphatic carbocycles. The Kier molecular flexibility index (Phi) is 6.46. The zero-order valence-electron chi connectivity index (χ0n) is 16.6. The minimum absolute atomic E-state index is 0.0758. The van der Waals surface area contributed by atoms with E-state index in [2.05, 4.69) is 16.0 Å². The fraction of sp³-hybridized carbons (Fsp3) is 0.455.